The maximum Gasteiger partial charge on any atom is 0.695 e. The molecule has 0 bridgehead atoms. The summed E-state index contributed by atoms with van der Waals surface area (Å²) in [6.45, 7) is 0.0575. The summed E-state index contributed by atoms with van der Waals surface area (Å²) in [4.78, 5) is 8.49. The Morgan fingerprint density at radius 1 is 1.71 bits per heavy atom. The fourth-order valence-electron chi connectivity index (χ4n) is 1.27. The van der Waals surface area contributed by atoms with Gasteiger partial charge >= 0.3 is 8.25 Å². The maximum atomic E-state index is 13.2. The van der Waals surface area contributed by atoms with Crippen molar-refractivity contribution in [3.63, 3.8) is 0 Å². The molecule has 0 aromatic rings. The van der Waals surface area contributed by atoms with Crippen molar-refractivity contribution in [2.24, 2.45) is 0 Å². The molecular formula is C6H10BFO5P+. The van der Waals surface area contributed by atoms with Gasteiger partial charge in [0, 0.05) is 11.7 Å². The van der Waals surface area contributed by atoms with Gasteiger partial charge in [-0.1, -0.05) is 0 Å². The number of hydrogen-bond donors (Lipinski definition) is 1. The van der Waals surface area contributed by atoms with E-state index in [9.17, 15) is 8.96 Å². The number of methoxy groups -OCH3 is 1. The molecule has 14 heavy (non-hydrogen) atoms. The zero-order valence-electron chi connectivity index (χ0n) is 7.50. The molecule has 5 unspecified atom stereocenters. The first-order chi connectivity index (χ1) is 6.56. The number of halogens is 1. The molecule has 1 N–H and O–H groups in total. The predicted molar refractivity (Wildman–Crippen MR) is 45.9 cm³/mol. The van der Waals surface area contributed by atoms with E-state index >= 15 is 0 Å². The third-order valence-corrected chi connectivity index (χ3v) is 2.29. The van der Waals surface area contributed by atoms with Crippen LogP contribution in [0.1, 0.15) is 0 Å². The van der Waals surface area contributed by atoms with Crippen molar-refractivity contribution in [1.29, 1.82) is 0 Å². The Labute approximate surface area is 82.9 Å². The molecule has 2 radical (unpaired) electrons. The summed E-state index contributed by atoms with van der Waals surface area (Å²) < 4.78 is 37.8. The first kappa shape index (κ1) is 12.0. The minimum absolute atomic E-state index is 0.0575. The largest absolute Gasteiger partial charge is 0.695 e. The summed E-state index contributed by atoms with van der Waals surface area (Å²) in [6, 6.07) is -1.14. The van der Waals surface area contributed by atoms with Crippen LogP contribution in [0.25, 0.3) is 0 Å². The van der Waals surface area contributed by atoms with E-state index in [0.717, 1.165) is 0 Å². The highest BCUT2D eigenvalue weighted by Crippen LogP contribution is 2.31. The highest BCUT2D eigenvalue weighted by atomic mass is 31.1. The summed E-state index contributed by atoms with van der Waals surface area (Å²) in [7, 11) is 3.78. The van der Waals surface area contributed by atoms with Gasteiger partial charge in [0.05, 0.1) is 12.6 Å². The fraction of sp³-hybridized carbons (Fsp3) is 1.00. The van der Waals surface area contributed by atoms with E-state index in [2.05, 4.69) is 4.52 Å². The van der Waals surface area contributed by atoms with Gasteiger partial charge in [-0.25, -0.2) is 4.39 Å². The quantitative estimate of drug-likeness (QED) is 0.532. The molecule has 1 aliphatic rings. The molecule has 0 spiro atoms. The van der Waals surface area contributed by atoms with Crippen LogP contribution in [0, 0.1) is 0 Å². The molecule has 1 fully saturated rings. The van der Waals surface area contributed by atoms with Gasteiger partial charge in [0.1, 0.15) is 14.0 Å². The lowest BCUT2D eigenvalue weighted by atomic mass is 9.94. The summed E-state index contributed by atoms with van der Waals surface area (Å²) in [5.74, 6) is 0. The lowest BCUT2D eigenvalue weighted by molar-refractivity contribution is -0.0115. The number of hydrogen-bond acceptors (Lipinski definition) is 4. The minimum atomic E-state index is -2.88. The fourth-order valence-corrected chi connectivity index (χ4v) is 1.74. The summed E-state index contributed by atoms with van der Waals surface area (Å²) in [5.41, 5.74) is 0. The first-order valence-corrected chi connectivity index (χ1v) is 5.06. The van der Waals surface area contributed by atoms with Gasteiger partial charge in [-0.3, -0.25) is 0 Å². The van der Waals surface area contributed by atoms with E-state index in [0.29, 0.717) is 0 Å². The number of ether oxygens (including phenoxy) is 2. The SMILES string of the molecule is [B]C1OC(COC)C(O[P+](=O)O)C1F. The van der Waals surface area contributed by atoms with E-state index in [1.165, 1.54) is 7.11 Å². The van der Waals surface area contributed by atoms with Crippen molar-refractivity contribution >= 4 is 16.1 Å². The Hall–Kier alpha value is -0.0651. The molecule has 78 valence electrons. The Balaban J connectivity index is 2.60. The average molecular weight is 223 g/mol. The molecule has 1 heterocycles. The molecule has 0 aromatic carbocycles. The Morgan fingerprint density at radius 3 is 2.86 bits per heavy atom. The zero-order chi connectivity index (χ0) is 10.7. The van der Waals surface area contributed by atoms with Gasteiger partial charge in [-0.2, -0.15) is 0 Å². The monoisotopic (exact) mass is 223 g/mol. The zero-order valence-corrected chi connectivity index (χ0v) is 8.39. The second-order valence-corrected chi connectivity index (χ2v) is 3.53. The Kier molecular flexibility index (Phi) is 4.41. The van der Waals surface area contributed by atoms with Crippen LogP contribution in [-0.4, -0.2) is 50.8 Å². The molecule has 1 rings (SSSR count). The van der Waals surface area contributed by atoms with E-state index in [-0.39, 0.29) is 6.61 Å². The molecule has 0 aliphatic carbocycles. The topological polar surface area (TPSA) is 65.0 Å². The van der Waals surface area contributed by atoms with Gasteiger partial charge in [0.15, 0.2) is 12.3 Å². The second-order valence-electron chi connectivity index (χ2n) is 2.85. The van der Waals surface area contributed by atoms with Crippen LogP contribution in [0.4, 0.5) is 4.39 Å². The van der Waals surface area contributed by atoms with Crippen molar-refractivity contribution in [1.82, 2.24) is 0 Å². The average Bonchev–Trinajstić information content (AvgIpc) is 2.33. The highest BCUT2D eigenvalue weighted by Gasteiger charge is 2.48. The maximum absolute atomic E-state index is 13.2. The number of rotatable bonds is 4. The normalized spacial score (nSPS) is 38.6. The van der Waals surface area contributed by atoms with Crippen LogP contribution in [0.5, 0.6) is 0 Å². The second kappa shape index (κ2) is 5.14. The highest BCUT2D eigenvalue weighted by molar-refractivity contribution is 7.32. The minimum Gasteiger partial charge on any atom is -0.382 e. The molecule has 1 aliphatic heterocycles. The summed E-state index contributed by atoms with van der Waals surface area (Å²) in [6.07, 6.45) is -3.53. The number of alkyl halides is 1. The van der Waals surface area contributed by atoms with Crippen LogP contribution in [0.3, 0.4) is 0 Å². The third kappa shape index (κ3) is 2.71. The van der Waals surface area contributed by atoms with Crippen LogP contribution >= 0.6 is 8.25 Å². The Morgan fingerprint density at radius 2 is 2.36 bits per heavy atom. The summed E-state index contributed by atoms with van der Waals surface area (Å²) in [5, 5.41) is 0. The van der Waals surface area contributed by atoms with E-state index < -0.39 is 32.6 Å². The van der Waals surface area contributed by atoms with Gasteiger partial charge < -0.3 is 9.47 Å². The van der Waals surface area contributed by atoms with Gasteiger partial charge in [-0.15, -0.1) is 9.42 Å². The third-order valence-electron chi connectivity index (χ3n) is 1.87. The van der Waals surface area contributed by atoms with E-state index in [1.807, 2.05) is 0 Å². The smallest absolute Gasteiger partial charge is 0.382 e. The van der Waals surface area contributed by atoms with Gasteiger partial charge in [0.2, 0.25) is 0 Å². The molecule has 5 nitrogen and oxygen atoms in total. The summed E-state index contributed by atoms with van der Waals surface area (Å²) >= 11 is 0. The van der Waals surface area contributed by atoms with Crippen LogP contribution in [-0.2, 0) is 18.6 Å². The lowest BCUT2D eigenvalue weighted by Gasteiger charge is -2.12. The van der Waals surface area contributed by atoms with Crippen LogP contribution in [0.2, 0.25) is 0 Å². The van der Waals surface area contributed by atoms with Crippen molar-refractivity contribution in [2.45, 2.75) is 24.4 Å². The van der Waals surface area contributed by atoms with Crippen LogP contribution < -0.4 is 0 Å². The molecule has 0 aromatic heterocycles. The standard InChI is InChI=1S/C6H9BFO5P/c1-11-2-3-5(13-14(9)10)4(8)6(7)12-3/h3-6H,2H2,1H3/p+1. The van der Waals surface area contributed by atoms with E-state index in [1.54, 1.807) is 0 Å². The molecule has 5 atom stereocenters. The lowest BCUT2D eigenvalue weighted by Crippen LogP contribution is -2.33. The van der Waals surface area contributed by atoms with Crippen molar-refractivity contribution in [2.75, 3.05) is 13.7 Å². The van der Waals surface area contributed by atoms with Crippen molar-refractivity contribution in [3.05, 3.63) is 0 Å². The van der Waals surface area contributed by atoms with Crippen molar-refractivity contribution < 1.29 is 27.8 Å². The van der Waals surface area contributed by atoms with E-state index in [4.69, 9.17) is 22.2 Å². The van der Waals surface area contributed by atoms with Gasteiger partial charge in [0.25, 0.3) is 0 Å². The first-order valence-electron chi connectivity index (χ1n) is 3.93. The predicted octanol–water partition coefficient (Wildman–Crippen LogP) is -0.101. The van der Waals surface area contributed by atoms with Crippen LogP contribution in [0.15, 0.2) is 0 Å². The molecule has 1 saturated heterocycles. The van der Waals surface area contributed by atoms with Crippen molar-refractivity contribution in [3.8, 4) is 0 Å². The molecular weight excluding hydrogens is 213 g/mol. The Bertz CT molecular complexity index is 218. The van der Waals surface area contributed by atoms with Gasteiger partial charge in [-0.05, 0) is 0 Å². The molecule has 0 saturated carbocycles. The molecule has 0 amide bonds. The molecule has 8 heteroatoms.